The number of nitrogens with zero attached hydrogens (tertiary/aromatic N) is 2. The number of rotatable bonds is 7. The topological polar surface area (TPSA) is 44.8 Å². The van der Waals surface area contributed by atoms with E-state index in [2.05, 4.69) is 31.2 Å². The predicted molar refractivity (Wildman–Crippen MR) is 91.2 cm³/mol. The van der Waals surface area contributed by atoms with Crippen LogP contribution in [0, 0.1) is 0 Å². The molecule has 0 aromatic heterocycles. The second-order valence-corrected chi connectivity index (χ2v) is 7.72. The molecule has 1 aliphatic rings. The molecule has 1 fully saturated rings. The van der Waals surface area contributed by atoms with Crippen molar-refractivity contribution >= 4 is 6.09 Å². The third-order valence-corrected chi connectivity index (χ3v) is 3.91. The summed E-state index contributed by atoms with van der Waals surface area (Å²) in [5.41, 5.74) is -0.416. The smallest absolute Gasteiger partial charge is 0.410 e. The number of nitrogens with one attached hydrogen (secondary N) is 1. The van der Waals surface area contributed by atoms with Crippen molar-refractivity contribution in [1.29, 1.82) is 0 Å². The van der Waals surface area contributed by atoms with Crippen LogP contribution in [0.15, 0.2) is 0 Å². The van der Waals surface area contributed by atoms with Crippen LogP contribution >= 0.6 is 0 Å². The van der Waals surface area contributed by atoms with Gasteiger partial charge in [0.05, 0.1) is 0 Å². The summed E-state index contributed by atoms with van der Waals surface area (Å²) in [7, 11) is 4.20. The molecule has 130 valence electrons. The zero-order chi connectivity index (χ0) is 16.8. The van der Waals surface area contributed by atoms with Crippen molar-refractivity contribution in [3.05, 3.63) is 0 Å². The van der Waals surface area contributed by atoms with Crippen LogP contribution in [0.2, 0.25) is 0 Å². The quantitative estimate of drug-likeness (QED) is 0.734. The summed E-state index contributed by atoms with van der Waals surface area (Å²) in [6, 6.07) is 0.737. The lowest BCUT2D eigenvalue weighted by Gasteiger charge is -2.30. The van der Waals surface area contributed by atoms with Crippen LogP contribution in [-0.2, 0) is 4.74 Å². The summed E-state index contributed by atoms with van der Waals surface area (Å²) in [6.07, 6.45) is 4.16. The van der Waals surface area contributed by atoms with E-state index in [1.165, 1.54) is 0 Å². The van der Waals surface area contributed by atoms with Crippen LogP contribution in [0.5, 0.6) is 0 Å². The molecule has 22 heavy (non-hydrogen) atoms. The standard InChI is InChI=1S/C17H35N3O2/c1-14(18-10-8-11-19(5)6)13-15-9-7-12-20(15)16(21)22-17(2,3)4/h14-15,18H,7-13H2,1-6H3. The van der Waals surface area contributed by atoms with E-state index in [1.807, 2.05) is 25.7 Å². The predicted octanol–water partition coefficient (Wildman–Crippen LogP) is 2.71. The second kappa shape index (κ2) is 8.73. The first-order chi connectivity index (χ1) is 10.2. The van der Waals surface area contributed by atoms with Gasteiger partial charge in [-0.2, -0.15) is 0 Å². The Morgan fingerprint density at radius 1 is 1.41 bits per heavy atom. The van der Waals surface area contributed by atoms with E-state index in [-0.39, 0.29) is 6.09 Å². The van der Waals surface area contributed by atoms with Gasteiger partial charge < -0.3 is 19.9 Å². The van der Waals surface area contributed by atoms with E-state index in [1.54, 1.807) is 0 Å². The van der Waals surface area contributed by atoms with Crippen LogP contribution in [0.4, 0.5) is 4.79 Å². The molecule has 0 saturated carbocycles. The normalized spacial score (nSPS) is 20.5. The molecule has 5 nitrogen and oxygen atoms in total. The van der Waals surface area contributed by atoms with Crippen LogP contribution in [0.25, 0.3) is 0 Å². The minimum Gasteiger partial charge on any atom is -0.444 e. The van der Waals surface area contributed by atoms with Gasteiger partial charge in [-0.25, -0.2) is 4.79 Å². The van der Waals surface area contributed by atoms with Gasteiger partial charge in [0.15, 0.2) is 0 Å². The zero-order valence-corrected chi connectivity index (χ0v) is 15.3. The Morgan fingerprint density at radius 3 is 2.68 bits per heavy atom. The van der Waals surface area contributed by atoms with Crippen molar-refractivity contribution in [2.45, 2.75) is 71.1 Å². The van der Waals surface area contributed by atoms with Crippen molar-refractivity contribution in [3.8, 4) is 0 Å². The van der Waals surface area contributed by atoms with Gasteiger partial charge in [0, 0.05) is 18.6 Å². The third kappa shape index (κ3) is 7.45. The Labute approximate surface area is 136 Å². The molecule has 1 amide bonds. The van der Waals surface area contributed by atoms with Gasteiger partial charge in [0.25, 0.3) is 0 Å². The molecule has 1 rings (SSSR count). The van der Waals surface area contributed by atoms with Crippen molar-refractivity contribution in [2.24, 2.45) is 0 Å². The molecule has 0 radical (unpaired) electrons. The minimum absolute atomic E-state index is 0.158. The molecule has 1 aliphatic heterocycles. The van der Waals surface area contributed by atoms with Gasteiger partial charge >= 0.3 is 6.09 Å². The fourth-order valence-electron chi connectivity index (χ4n) is 2.88. The lowest BCUT2D eigenvalue weighted by atomic mass is 10.1. The summed E-state index contributed by atoms with van der Waals surface area (Å²) in [5.74, 6) is 0. The van der Waals surface area contributed by atoms with Crippen molar-refractivity contribution in [3.63, 3.8) is 0 Å². The van der Waals surface area contributed by atoms with Gasteiger partial charge in [0.1, 0.15) is 5.60 Å². The van der Waals surface area contributed by atoms with E-state index < -0.39 is 5.60 Å². The van der Waals surface area contributed by atoms with Crippen molar-refractivity contribution < 1.29 is 9.53 Å². The lowest BCUT2D eigenvalue weighted by molar-refractivity contribution is 0.0214. The fourth-order valence-corrected chi connectivity index (χ4v) is 2.88. The summed E-state index contributed by atoms with van der Waals surface area (Å²) >= 11 is 0. The summed E-state index contributed by atoms with van der Waals surface area (Å²) < 4.78 is 5.52. The minimum atomic E-state index is -0.416. The third-order valence-electron chi connectivity index (χ3n) is 3.91. The van der Waals surface area contributed by atoms with Crippen LogP contribution in [0.1, 0.15) is 53.4 Å². The molecule has 0 spiro atoms. The van der Waals surface area contributed by atoms with E-state index in [0.717, 1.165) is 45.3 Å². The molecule has 1 N–H and O–H groups in total. The summed E-state index contributed by atoms with van der Waals surface area (Å²) in [6.45, 7) is 10.9. The van der Waals surface area contributed by atoms with Crippen LogP contribution in [-0.4, -0.2) is 67.3 Å². The molecule has 5 heteroatoms. The molecule has 0 aromatic rings. The average molecular weight is 313 g/mol. The average Bonchev–Trinajstić information content (AvgIpc) is 2.80. The van der Waals surface area contributed by atoms with E-state index in [4.69, 9.17) is 4.74 Å². The first-order valence-corrected chi connectivity index (χ1v) is 8.57. The van der Waals surface area contributed by atoms with Gasteiger partial charge in [-0.3, -0.25) is 0 Å². The van der Waals surface area contributed by atoms with E-state index >= 15 is 0 Å². The molecule has 1 saturated heterocycles. The molecule has 0 aliphatic carbocycles. The Bertz CT molecular complexity index is 339. The monoisotopic (exact) mass is 313 g/mol. The molecular weight excluding hydrogens is 278 g/mol. The molecule has 0 bridgehead atoms. The number of hydrogen-bond donors (Lipinski definition) is 1. The molecule has 2 atom stereocenters. The maximum Gasteiger partial charge on any atom is 0.410 e. The van der Waals surface area contributed by atoms with E-state index in [0.29, 0.717) is 12.1 Å². The highest BCUT2D eigenvalue weighted by atomic mass is 16.6. The van der Waals surface area contributed by atoms with E-state index in [9.17, 15) is 4.79 Å². The van der Waals surface area contributed by atoms with Crippen LogP contribution < -0.4 is 5.32 Å². The number of carbonyl (C=O) groups excluding carboxylic acids is 1. The first kappa shape index (κ1) is 19.2. The van der Waals surface area contributed by atoms with Crippen LogP contribution in [0.3, 0.4) is 0 Å². The number of hydrogen-bond acceptors (Lipinski definition) is 4. The Hall–Kier alpha value is -0.810. The molecule has 1 heterocycles. The maximum absolute atomic E-state index is 12.3. The Kier molecular flexibility index (Phi) is 7.63. The summed E-state index contributed by atoms with van der Waals surface area (Å²) in [4.78, 5) is 16.4. The number of likely N-dealkylation sites (tertiary alicyclic amines) is 1. The summed E-state index contributed by atoms with van der Waals surface area (Å²) in [5, 5.41) is 3.57. The Morgan fingerprint density at radius 2 is 2.09 bits per heavy atom. The number of ether oxygens (including phenoxy) is 1. The highest BCUT2D eigenvalue weighted by Crippen LogP contribution is 2.24. The Balaban J connectivity index is 2.35. The van der Waals surface area contributed by atoms with Gasteiger partial charge in [0.2, 0.25) is 0 Å². The lowest BCUT2D eigenvalue weighted by Crippen LogP contribution is -2.42. The van der Waals surface area contributed by atoms with Crippen molar-refractivity contribution in [1.82, 2.24) is 15.1 Å². The molecular formula is C17H35N3O2. The maximum atomic E-state index is 12.3. The van der Waals surface area contributed by atoms with Gasteiger partial charge in [-0.1, -0.05) is 0 Å². The number of carbonyl (C=O) groups is 1. The largest absolute Gasteiger partial charge is 0.444 e. The second-order valence-electron chi connectivity index (χ2n) is 7.72. The van der Waals surface area contributed by atoms with Gasteiger partial charge in [-0.15, -0.1) is 0 Å². The SMILES string of the molecule is CC(CC1CCCN1C(=O)OC(C)(C)C)NCCCN(C)C. The van der Waals surface area contributed by atoms with Crippen molar-refractivity contribution in [2.75, 3.05) is 33.7 Å². The van der Waals surface area contributed by atoms with Gasteiger partial charge in [-0.05, 0) is 80.6 Å². The fraction of sp³-hybridized carbons (Fsp3) is 0.941. The highest BCUT2D eigenvalue weighted by molar-refractivity contribution is 5.68. The molecule has 2 unspecified atom stereocenters. The zero-order valence-electron chi connectivity index (χ0n) is 15.3. The highest BCUT2D eigenvalue weighted by Gasteiger charge is 2.32. The molecule has 0 aromatic carbocycles. The first-order valence-electron chi connectivity index (χ1n) is 8.57. The number of amides is 1.